The molecule has 5 nitrogen and oxygen atoms in total. The van der Waals surface area contributed by atoms with Gasteiger partial charge < -0.3 is 10.4 Å². The van der Waals surface area contributed by atoms with Crippen LogP contribution >= 0.6 is 11.6 Å². The van der Waals surface area contributed by atoms with Crippen molar-refractivity contribution in [3.63, 3.8) is 0 Å². The number of pyridine rings is 1. The molecule has 1 aromatic rings. The summed E-state index contributed by atoms with van der Waals surface area (Å²) in [5.74, 6) is -1.36. The van der Waals surface area contributed by atoms with Gasteiger partial charge in [-0.3, -0.25) is 9.59 Å². The summed E-state index contributed by atoms with van der Waals surface area (Å²) in [7, 11) is 0. The van der Waals surface area contributed by atoms with E-state index in [0.717, 1.165) is 12.8 Å². The van der Waals surface area contributed by atoms with Gasteiger partial charge in [-0.15, -0.1) is 0 Å². The summed E-state index contributed by atoms with van der Waals surface area (Å²) < 4.78 is 0. The molecular weight excluding hydrogens is 268 g/mol. The van der Waals surface area contributed by atoms with E-state index >= 15 is 0 Å². The zero-order valence-corrected chi connectivity index (χ0v) is 11.1. The van der Waals surface area contributed by atoms with E-state index in [1.807, 2.05) is 0 Å². The number of nitrogens with one attached hydrogen (secondary N) is 1. The first kappa shape index (κ1) is 13.8. The summed E-state index contributed by atoms with van der Waals surface area (Å²) in [6.45, 7) is 0.385. The number of amides is 1. The van der Waals surface area contributed by atoms with Crippen molar-refractivity contribution in [3.05, 3.63) is 29.0 Å². The molecule has 1 fully saturated rings. The van der Waals surface area contributed by atoms with Crippen LogP contribution in [0, 0.1) is 11.8 Å². The molecule has 1 heterocycles. The van der Waals surface area contributed by atoms with Gasteiger partial charge in [-0.1, -0.05) is 18.0 Å². The Bertz CT molecular complexity index is 493. The molecule has 6 heteroatoms. The topological polar surface area (TPSA) is 79.3 Å². The van der Waals surface area contributed by atoms with Crippen LogP contribution in [0.2, 0.25) is 5.15 Å². The Kier molecular flexibility index (Phi) is 4.37. The highest BCUT2D eigenvalue weighted by Crippen LogP contribution is 2.31. The van der Waals surface area contributed by atoms with Crippen molar-refractivity contribution in [1.29, 1.82) is 0 Å². The van der Waals surface area contributed by atoms with Crippen LogP contribution in [0.5, 0.6) is 0 Å². The van der Waals surface area contributed by atoms with E-state index in [2.05, 4.69) is 10.3 Å². The summed E-state index contributed by atoms with van der Waals surface area (Å²) in [5.41, 5.74) is 0.435. The maximum absolute atomic E-state index is 11.9. The largest absolute Gasteiger partial charge is 0.481 e. The summed E-state index contributed by atoms with van der Waals surface area (Å²) in [6, 6.07) is 3.06. The molecule has 19 heavy (non-hydrogen) atoms. The maximum Gasteiger partial charge on any atom is 0.306 e. The molecule has 102 valence electrons. The lowest BCUT2D eigenvalue weighted by molar-refractivity contribution is -0.142. The van der Waals surface area contributed by atoms with Gasteiger partial charge in [0.05, 0.1) is 5.92 Å². The number of nitrogens with zero attached hydrogens (tertiary/aromatic N) is 1. The molecule has 1 aliphatic rings. The van der Waals surface area contributed by atoms with Crippen molar-refractivity contribution in [3.8, 4) is 0 Å². The molecule has 0 bridgehead atoms. The second kappa shape index (κ2) is 6.02. The number of aromatic nitrogens is 1. The van der Waals surface area contributed by atoms with Crippen LogP contribution in [0.25, 0.3) is 0 Å². The van der Waals surface area contributed by atoms with Crippen LogP contribution in [0.3, 0.4) is 0 Å². The maximum atomic E-state index is 11.9. The minimum atomic E-state index is -0.774. The molecule has 2 rings (SSSR count). The van der Waals surface area contributed by atoms with E-state index in [0.29, 0.717) is 18.5 Å². The summed E-state index contributed by atoms with van der Waals surface area (Å²) in [5, 5.41) is 12.1. The Labute approximate surface area is 116 Å². The van der Waals surface area contributed by atoms with Gasteiger partial charge in [0.2, 0.25) is 0 Å². The molecule has 0 radical (unpaired) electrons. The summed E-state index contributed by atoms with van der Waals surface area (Å²) in [6.07, 6.45) is 3.90. The predicted octanol–water partition coefficient (Wildman–Crippen LogP) is 1.97. The second-order valence-corrected chi connectivity index (χ2v) is 5.10. The minimum Gasteiger partial charge on any atom is -0.481 e. The quantitative estimate of drug-likeness (QED) is 0.828. The average Bonchev–Trinajstić information content (AvgIpc) is 2.84. The first-order valence-corrected chi connectivity index (χ1v) is 6.58. The van der Waals surface area contributed by atoms with E-state index in [4.69, 9.17) is 16.7 Å². The van der Waals surface area contributed by atoms with Gasteiger partial charge in [-0.05, 0) is 30.9 Å². The van der Waals surface area contributed by atoms with Gasteiger partial charge in [0, 0.05) is 18.3 Å². The first-order valence-electron chi connectivity index (χ1n) is 6.20. The lowest BCUT2D eigenvalue weighted by Gasteiger charge is -2.16. The van der Waals surface area contributed by atoms with Crippen LogP contribution < -0.4 is 5.32 Å². The highest BCUT2D eigenvalue weighted by atomic mass is 35.5. The number of rotatable bonds is 4. The van der Waals surface area contributed by atoms with Crippen molar-refractivity contribution < 1.29 is 14.7 Å². The fraction of sp³-hybridized carbons (Fsp3) is 0.462. The van der Waals surface area contributed by atoms with E-state index < -0.39 is 5.97 Å². The average molecular weight is 283 g/mol. The van der Waals surface area contributed by atoms with Gasteiger partial charge in [0.25, 0.3) is 5.91 Å². The molecule has 1 saturated carbocycles. The zero-order valence-electron chi connectivity index (χ0n) is 10.3. The molecule has 2 atom stereocenters. The van der Waals surface area contributed by atoms with Crippen molar-refractivity contribution in [1.82, 2.24) is 10.3 Å². The smallest absolute Gasteiger partial charge is 0.306 e. The summed E-state index contributed by atoms with van der Waals surface area (Å²) >= 11 is 5.71. The Hall–Kier alpha value is -1.62. The van der Waals surface area contributed by atoms with Gasteiger partial charge in [0.1, 0.15) is 5.15 Å². The van der Waals surface area contributed by atoms with Crippen LogP contribution in [0.1, 0.15) is 29.6 Å². The minimum absolute atomic E-state index is 0.0127. The van der Waals surface area contributed by atoms with Gasteiger partial charge in [-0.25, -0.2) is 4.98 Å². The molecule has 0 spiro atoms. The van der Waals surface area contributed by atoms with Crippen LogP contribution in [0.4, 0.5) is 0 Å². The normalized spacial score (nSPS) is 22.2. The molecule has 1 aromatic heterocycles. The first-order chi connectivity index (χ1) is 9.08. The van der Waals surface area contributed by atoms with Gasteiger partial charge in [-0.2, -0.15) is 0 Å². The Balaban J connectivity index is 1.92. The highest BCUT2D eigenvalue weighted by molar-refractivity contribution is 6.29. The van der Waals surface area contributed by atoms with Crippen LogP contribution in [0.15, 0.2) is 18.3 Å². The molecule has 0 saturated heterocycles. The standard InChI is InChI=1S/C13H15ClN2O3/c14-11-6-8(4-5-15-11)12(17)16-7-9-2-1-3-10(9)13(18)19/h4-6,9-10H,1-3,7H2,(H,16,17)(H,18,19). The SMILES string of the molecule is O=C(NCC1CCCC1C(=O)O)c1ccnc(Cl)c1. The number of carbonyl (C=O) groups is 2. The van der Waals surface area contributed by atoms with Crippen LogP contribution in [-0.4, -0.2) is 28.5 Å². The predicted molar refractivity (Wildman–Crippen MR) is 70.0 cm³/mol. The summed E-state index contributed by atoms with van der Waals surface area (Å²) in [4.78, 5) is 26.7. The van der Waals surface area contributed by atoms with Crippen molar-refractivity contribution in [2.75, 3.05) is 6.54 Å². The lowest BCUT2D eigenvalue weighted by Crippen LogP contribution is -2.33. The van der Waals surface area contributed by atoms with Crippen molar-refractivity contribution in [2.24, 2.45) is 11.8 Å². The fourth-order valence-corrected chi connectivity index (χ4v) is 2.65. The van der Waals surface area contributed by atoms with E-state index in [9.17, 15) is 9.59 Å². The molecule has 2 unspecified atom stereocenters. The number of aliphatic carboxylic acids is 1. The van der Waals surface area contributed by atoms with E-state index in [1.54, 1.807) is 6.07 Å². The van der Waals surface area contributed by atoms with E-state index in [1.165, 1.54) is 12.3 Å². The molecule has 1 aliphatic carbocycles. The monoisotopic (exact) mass is 282 g/mol. The Morgan fingerprint density at radius 1 is 1.47 bits per heavy atom. The third kappa shape index (κ3) is 3.44. The number of hydrogen-bond donors (Lipinski definition) is 2. The lowest BCUT2D eigenvalue weighted by atomic mass is 9.96. The van der Waals surface area contributed by atoms with Gasteiger partial charge >= 0.3 is 5.97 Å². The third-order valence-electron chi connectivity index (χ3n) is 3.49. The number of halogens is 1. The van der Waals surface area contributed by atoms with Gasteiger partial charge in [0.15, 0.2) is 0 Å². The molecule has 2 N–H and O–H groups in total. The number of carboxylic acids is 1. The third-order valence-corrected chi connectivity index (χ3v) is 3.70. The van der Waals surface area contributed by atoms with Crippen LogP contribution in [-0.2, 0) is 4.79 Å². The van der Waals surface area contributed by atoms with Crippen molar-refractivity contribution in [2.45, 2.75) is 19.3 Å². The van der Waals surface area contributed by atoms with E-state index in [-0.39, 0.29) is 22.9 Å². The zero-order chi connectivity index (χ0) is 13.8. The molecular formula is C13H15ClN2O3. The highest BCUT2D eigenvalue weighted by Gasteiger charge is 2.32. The number of carbonyl (C=O) groups excluding carboxylic acids is 1. The fourth-order valence-electron chi connectivity index (χ4n) is 2.48. The second-order valence-electron chi connectivity index (χ2n) is 4.71. The molecule has 0 aromatic carbocycles. The molecule has 1 amide bonds. The number of carboxylic acid groups (broad SMARTS) is 1. The Morgan fingerprint density at radius 2 is 2.26 bits per heavy atom. The molecule has 0 aliphatic heterocycles. The number of hydrogen-bond acceptors (Lipinski definition) is 3. The Morgan fingerprint density at radius 3 is 2.95 bits per heavy atom. The van der Waals surface area contributed by atoms with Crippen molar-refractivity contribution >= 4 is 23.5 Å².